The van der Waals surface area contributed by atoms with Gasteiger partial charge in [-0.3, -0.25) is 4.99 Å². The van der Waals surface area contributed by atoms with Crippen LogP contribution in [0.2, 0.25) is 0 Å². The molecule has 2 fully saturated rings. The summed E-state index contributed by atoms with van der Waals surface area (Å²) in [6, 6.07) is 5.52. The van der Waals surface area contributed by atoms with Crippen LogP contribution in [-0.2, 0) is 10.9 Å². The average molecular weight is 399 g/mol. The molecule has 0 spiro atoms. The maximum Gasteiger partial charge on any atom is 0.416 e. The number of morpholine rings is 1. The molecule has 0 bridgehead atoms. The number of rotatable bonds is 3. The van der Waals surface area contributed by atoms with Crippen LogP contribution in [0.25, 0.3) is 0 Å². The van der Waals surface area contributed by atoms with E-state index in [1.807, 2.05) is 4.90 Å². The molecule has 6 nitrogen and oxygen atoms in total. The van der Waals surface area contributed by atoms with Crippen LogP contribution in [0.1, 0.15) is 5.56 Å². The Morgan fingerprint density at radius 3 is 2.61 bits per heavy atom. The van der Waals surface area contributed by atoms with Gasteiger partial charge in [-0.2, -0.15) is 13.2 Å². The number of benzene rings is 1. The molecule has 1 aromatic rings. The van der Waals surface area contributed by atoms with Crippen molar-refractivity contribution in [3.05, 3.63) is 29.8 Å². The Bertz CT molecular complexity index is 674. The summed E-state index contributed by atoms with van der Waals surface area (Å²) in [7, 11) is 3.83. The lowest BCUT2D eigenvalue weighted by Crippen LogP contribution is -2.54. The molecule has 2 saturated heterocycles. The summed E-state index contributed by atoms with van der Waals surface area (Å²) in [5.74, 6) is 0.806. The summed E-state index contributed by atoms with van der Waals surface area (Å²) in [4.78, 5) is 10.7. The summed E-state index contributed by atoms with van der Waals surface area (Å²) in [6.07, 6.45) is -4.19. The standard InChI is InChI=1S/C19H28F3N5O/c1-23-18(24-13-17-14-25(2)10-11-28-17)27-8-6-26(7-9-27)16-5-3-4-15(12-16)19(20,21)22/h3-5,12,17H,6-11,13-14H2,1-2H3,(H,23,24). The van der Waals surface area contributed by atoms with E-state index in [2.05, 4.69) is 27.2 Å². The van der Waals surface area contributed by atoms with Crippen molar-refractivity contribution in [2.45, 2.75) is 12.3 Å². The number of likely N-dealkylation sites (N-methyl/N-ethyl adjacent to an activating group) is 1. The lowest BCUT2D eigenvalue weighted by atomic mass is 10.1. The number of aliphatic imine (C=N–C) groups is 1. The van der Waals surface area contributed by atoms with Crippen molar-refractivity contribution in [1.29, 1.82) is 0 Å². The number of anilines is 1. The van der Waals surface area contributed by atoms with E-state index in [0.717, 1.165) is 31.7 Å². The van der Waals surface area contributed by atoms with Gasteiger partial charge in [0, 0.05) is 58.5 Å². The molecule has 2 heterocycles. The molecule has 1 unspecified atom stereocenters. The first-order valence-electron chi connectivity index (χ1n) is 9.55. The van der Waals surface area contributed by atoms with E-state index in [9.17, 15) is 13.2 Å². The predicted octanol–water partition coefficient (Wildman–Crippen LogP) is 1.73. The van der Waals surface area contributed by atoms with Crippen LogP contribution >= 0.6 is 0 Å². The zero-order chi connectivity index (χ0) is 20.1. The van der Waals surface area contributed by atoms with Crippen molar-refractivity contribution in [3.63, 3.8) is 0 Å². The van der Waals surface area contributed by atoms with Gasteiger partial charge in [-0.05, 0) is 25.2 Å². The van der Waals surface area contributed by atoms with Crippen molar-refractivity contribution in [2.75, 3.05) is 71.4 Å². The SMILES string of the molecule is CN=C(NCC1CN(C)CCO1)N1CCN(c2cccc(C(F)(F)F)c2)CC1. The first-order valence-corrected chi connectivity index (χ1v) is 9.55. The summed E-state index contributed by atoms with van der Waals surface area (Å²) < 4.78 is 44.6. The van der Waals surface area contributed by atoms with Crippen LogP contribution in [0.5, 0.6) is 0 Å². The van der Waals surface area contributed by atoms with Gasteiger partial charge in [0.15, 0.2) is 5.96 Å². The van der Waals surface area contributed by atoms with Crippen LogP contribution in [0.4, 0.5) is 18.9 Å². The second kappa shape index (κ2) is 9.00. The Hall–Kier alpha value is -2.00. The largest absolute Gasteiger partial charge is 0.416 e. The molecular weight excluding hydrogens is 371 g/mol. The number of nitrogens with zero attached hydrogens (tertiary/aromatic N) is 4. The van der Waals surface area contributed by atoms with Gasteiger partial charge in [-0.25, -0.2) is 0 Å². The molecule has 0 radical (unpaired) electrons. The summed E-state index contributed by atoms with van der Waals surface area (Å²) in [5.41, 5.74) is -0.00146. The molecule has 9 heteroatoms. The number of piperazine rings is 1. The lowest BCUT2D eigenvalue weighted by Gasteiger charge is -2.38. The summed E-state index contributed by atoms with van der Waals surface area (Å²) in [5, 5.41) is 3.37. The van der Waals surface area contributed by atoms with Crippen LogP contribution in [0.15, 0.2) is 29.3 Å². The van der Waals surface area contributed by atoms with Gasteiger partial charge >= 0.3 is 6.18 Å². The van der Waals surface area contributed by atoms with Crippen molar-refractivity contribution in [1.82, 2.24) is 15.1 Å². The maximum atomic E-state index is 12.9. The van der Waals surface area contributed by atoms with Gasteiger partial charge in [0.05, 0.1) is 18.3 Å². The van der Waals surface area contributed by atoms with Crippen LogP contribution in [0, 0.1) is 0 Å². The third kappa shape index (κ3) is 5.29. The fraction of sp³-hybridized carbons (Fsp3) is 0.632. The summed E-state index contributed by atoms with van der Waals surface area (Å²) in [6.45, 7) is 5.93. The fourth-order valence-electron chi connectivity index (χ4n) is 3.58. The minimum Gasteiger partial charge on any atom is -0.374 e. The van der Waals surface area contributed by atoms with E-state index in [1.54, 1.807) is 13.1 Å². The topological polar surface area (TPSA) is 43.3 Å². The molecule has 2 aliphatic heterocycles. The van der Waals surface area contributed by atoms with Crippen molar-refractivity contribution in [3.8, 4) is 0 Å². The summed E-state index contributed by atoms with van der Waals surface area (Å²) >= 11 is 0. The first-order chi connectivity index (χ1) is 13.4. The van der Waals surface area contributed by atoms with Gasteiger partial charge in [0.1, 0.15) is 0 Å². The Labute approximate surface area is 163 Å². The highest BCUT2D eigenvalue weighted by molar-refractivity contribution is 5.80. The molecular formula is C19H28F3N5O. The third-order valence-electron chi connectivity index (χ3n) is 5.16. The molecule has 156 valence electrons. The molecule has 0 amide bonds. The van der Waals surface area contributed by atoms with E-state index in [1.165, 1.54) is 12.1 Å². The van der Waals surface area contributed by atoms with E-state index in [-0.39, 0.29) is 6.10 Å². The van der Waals surface area contributed by atoms with Crippen molar-refractivity contribution in [2.24, 2.45) is 4.99 Å². The van der Waals surface area contributed by atoms with Crippen LogP contribution in [-0.4, -0.2) is 88.4 Å². The molecule has 1 aromatic carbocycles. The van der Waals surface area contributed by atoms with Gasteiger partial charge in [-0.1, -0.05) is 6.07 Å². The van der Waals surface area contributed by atoms with E-state index >= 15 is 0 Å². The van der Waals surface area contributed by atoms with Crippen molar-refractivity contribution < 1.29 is 17.9 Å². The Morgan fingerprint density at radius 1 is 1.21 bits per heavy atom. The molecule has 1 atom stereocenters. The Kier molecular flexibility index (Phi) is 6.66. The smallest absolute Gasteiger partial charge is 0.374 e. The predicted molar refractivity (Wildman–Crippen MR) is 104 cm³/mol. The molecule has 0 saturated carbocycles. The molecule has 0 aromatic heterocycles. The quantitative estimate of drug-likeness (QED) is 0.620. The number of halogens is 3. The zero-order valence-corrected chi connectivity index (χ0v) is 16.4. The lowest BCUT2D eigenvalue weighted by molar-refractivity contribution is -0.137. The highest BCUT2D eigenvalue weighted by Gasteiger charge is 2.31. The number of nitrogens with one attached hydrogen (secondary N) is 1. The minimum atomic E-state index is -4.32. The van der Waals surface area contributed by atoms with E-state index in [4.69, 9.17) is 4.74 Å². The molecule has 1 N–H and O–H groups in total. The number of ether oxygens (including phenoxy) is 1. The zero-order valence-electron chi connectivity index (χ0n) is 16.4. The van der Waals surface area contributed by atoms with Crippen molar-refractivity contribution >= 4 is 11.6 Å². The monoisotopic (exact) mass is 399 g/mol. The fourth-order valence-corrected chi connectivity index (χ4v) is 3.58. The number of hydrogen-bond donors (Lipinski definition) is 1. The maximum absolute atomic E-state index is 12.9. The number of alkyl halides is 3. The molecule has 3 rings (SSSR count). The van der Waals surface area contributed by atoms with Crippen LogP contribution in [0.3, 0.4) is 0 Å². The number of guanidine groups is 1. The third-order valence-corrected chi connectivity index (χ3v) is 5.16. The highest BCUT2D eigenvalue weighted by atomic mass is 19.4. The van der Waals surface area contributed by atoms with Gasteiger partial charge < -0.3 is 24.8 Å². The van der Waals surface area contributed by atoms with Gasteiger partial charge in [0.25, 0.3) is 0 Å². The van der Waals surface area contributed by atoms with Gasteiger partial charge in [0.2, 0.25) is 0 Å². The second-order valence-corrected chi connectivity index (χ2v) is 7.21. The van der Waals surface area contributed by atoms with E-state index in [0.29, 0.717) is 38.4 Å². The average Bonchev–Trinajstić information content (AvgIpc) is 2.68. The Morgan fingerprint density at radius 2 is 1.96 bits per heavy atom. The first kappa shape index (κ1) is 20.7. The molecule has 2 aliphatic rings. The minimum absolute atomic E-state index is 0.127. The highest BCUT2D eigenvalue weighted by Crippen LogP contribution is 2.31. The number of hydrogen-bond acceptors (Lipinski definition) is 4. The van der Waals surface area contributed by atoms with E-state index < -0.39 is 11.7 Å². The van der Waals surface area contributed by atoms with Crippen LogP contribution < -0.4 is 10.2 Å². The Balaban J connectivity index is 1.52. The molecule has 28 heavy (non-hydrogen) atoms. The van der Waals surface area contributed by atoms with Gasteiger partial charge in [-0.15, -0.1) is 0 Å². The normalized spacial score (nSPS) is 22.5. The molecule has 0 aliphatic carbocycles. The second-order valence-electron chi connectivity index (χ2n) is 7.21.